The average molecular weight is 480 g/mol. The molecule has 2 aromatic carbocycles. The first kappa shape index (κ1) is 22.0. The molecular weight excluding hydrogens is 458 g/mol. The zero-order valence-electron chi connectivity index (χ0n) is 18.6. The van der Waals surface area contributed by atoms with Crippen LogP contribution in [0.2, 0.25) is 5.02 Å². The largest absolute Gasteiger partial charge is 0.465 e. The molecule has 174 valence electrons. The first-order valence-corrected chi connectivity index (χ1v) is 11.2. The van der Waals surface area contributed by atoms with E-state index in [0.29, 0.717) is 16.7 Å². The molecule has 3 aliphatic rings. The van der Waals surface area contributed by atoms with Gasteiger partial charge in [-0.15, -0.1) is 0 Å². The third-order valence-corrected chi connectivity index (χ3v) is 6.29. The number of ether oxygens (including phenoxy) is 1. The van der Waals surface area contributed by atoms with Crippen LogP contribution in [-0.2, 0) is 14.3 Å². The molecule has 0 radical (unpaired) electrons. The Morgan fingerprint density at radius 1 is 1.09 bits per heavy atom. The van der Waals surface area contributed by atoms with Gasteiger partial charge in [-0.3, -0.25) is 24.3 Å². The number of anilines is 1. The van der Waals surface area contributed by atoms with Crippen molar-refractivity contribution >= 4 is 46.9 Å². The number of esters is 1. The standard InChI is InChI=1S/C24H22ClN5O4/c1-3-34-19(31)14-29-22(32)20-21(27(2)24(29)33)26-23-28(20)13-18(15-9-5-4-6-10-15)30(23)17-12-8-7-11-16(17)25/h4-13,20-21H,3,14H2,1-2H3. The first-order valence-electron chi connectivity index (χ1n) is 10.8. The van der Waals surface area contributed by atoms with Crippen molar-refractivity contribution in [2.45, 2.75) is 19.1 Å². The molecule has 0 bridgehead atoms. The van der Waals surface area contributed by atoms with Crippen LogP contribution in [0.5, 0.6) is 0 Å². The van der Waals surface area contributed by atoms with Crippen LogP contribution in [0, 0.1) is 0 Å². The van der Waals surface area contributed by atoms with Crippen molar-refractivity contribution in [2.75, 3.05) is 25.1 Å². The van der Waals surface area contributed by atoms with Gasteiger partial charge in [-0.1, -0.05) is 54.1 Å². The number of urea groups is 1. The molecule has 9 nitrogen and oxygen atoms in total. The zero-order chi connectivity index (χ0) is 24.0. The van der Waals surface area contributed by atoms with E-state index in [1.165, 1.54) is 4.90 Å². The molecule has 0 aromatic heterocycles. The lowest BCUT2D eigenvalue weighted by atomic mass is 10.1. The maximum atomic E-state index is 13.5. The number of hydrogen-bond acceptors (Lipinski definition) is 7. The molecule has 3 heterocycles. The quantitative estimate of drug-likeness (QED) is 0.613. The molecule has 2 unspecified atom stereocenters. The molecule has 2 aromatic rings. The van der Waals surface area contributed by atoms with Gasteiger partial charge in [0.25, 0.3) is 5.91 Å². The number of carbonyl (C=O) groups excluding carboxylic acids is 3. The molecule has 0 N–H and O–H groups in total. The van der Waals surface area contributed by atoms with Crippen molar-refractivity contribution in [1.82, 2.24) is 14.7 Å². The molecule has 3 amide bonds. The number of likely N-dealkylation sites (N-methyl/N-ethyl adjacent to an activating group) is 1. The van der Waals surface area contributed by atoms with E-state index in [9.17, 15) is 14.4 Å². The second-order valence-corrected chi connectivity index (χ2v) is 8.39. The van der Waals surface area contributed by atoms with Crippen LogP contribution in [0.1, 0.15) is 12.5 Å². The lowest BCUT2D eigenvalue weighted by Gasteiger charge is -2.39. The summed E-state index contributed by atoms with van der Waals surface area (Å²) in [5.74, 6) is -0.674. The Bertz CT molecular complexity index is 1230. The molecule has 10 heteroatoms. The van der Waals surface area contributed by atoms with E-state index >= 15 is 0 Å². The third-order valence-electron chi connectivity index (χ3n) is 5.97. The monoisotopic (exact) mass is 479 g/mol. The van der Waals surface area contributed by atoms with Gasteiger partial charge in [0.1, 0.15) is 6.54 Å². The number of nitrogens with zero attached hydrogens (tertiary/aromatic N) is 5. The van der Waals surface area contributed by atoms with Crippen LogP contribution >= 0.6 is 11.6 Å². The number of rotatable bonds is 5. The summed E-state index contributed by atoms with van der Waals surface area (Å²) in [5.41, 5.74) is 2.39. The summed E-state index contributed by atoms with van der Waals surface area (Å²) in [6.45, 7) is 1.37. The highest BCUT2D eigenvalue weighted by molar-refractivity contribution is 6.34. The van der Waals surface area contributed by atoms with Crippen LogP contribution in [0.25, 0.3) is 5.70 Å². The second kappa shape index (κ2) is 8.49. The van der Waals surface area contributed by atoms with Crippen molar-refractivity contribution in [3.63, 3.8) is 0 Å². The van der Waals surface area contributed by atoms with Crippen molar-refractivity contribution in [3.8, 4) is 0 Å². The molecule has 1 saturated heterocycles. The number of guanidine groups is 1. The van der Waals surface area contributed by atoms with Crippen LogP contribution in [-0.4, -0.2) is 71.0 Å². The highest BCUT2D eigenvalue weighted by Crippen LogP contribution is 2.41. The van der Waals surface area contributed by atoms with Gasteiger partial charge >= 0.3 is 12.0 Å². The normalized spacial score (nSPS) is 21.4. The number of halogens is 1. The van der Waals surface area contributed by atoms with E-state index in [1.54, 1.807) is 24.9 Å². The average Bonchev–Trinajstić information content (AvgIpc) is 3.38. The Hall–Kier alpha value is -3.85. The van der Waals surface area contributed by atoms with Crippen molar-refractivity contribution < 1.29 is 19.1 Å². The van der Waals surface area contributed by atoms with E-state index < -0.39 is 36.7 Å². The number of amides is 3. The number of fused-ring (bicyclic) bond motifs is 3. The predicted octanol–water partition coefficient (Wildman–Crippen LogP) is 2.98. The summed E-state index contributed by atoms with van der Waals surface area (Å²) >= 11 is 6.56. The molecule has 1 fully saturated rings. The lowest BCUT2D eigenvalue weighted by Crippen LogP contribution is -2.65. The number of para-hydroxylation sites is 1. The fourth-order valence-corrected chi connectivity index (χ4v) is 4.62. The van der Waals surface area contributed by atoms with Gasteiger partial charge in [0.2, 0.25) is 5.96 Å². The summed E-state index contributed by atoms with van der Waals surface area (Å²) in [6, 6.07) is 15.6. The number of imide groups is 1. The number of hydrogen-bond donors (Lipinski definition) is 0. The van der Waals surface area contributed by atoms with Crippen LogP contribution in [0.3, 0.4) is 0 Å². The molecule has 34 heavy (non-hydrogen) atoms. The Kier molecular flexibility index (Phi) is 5.49. The van der Waals surface area contributed by atoms with E-state index in [-0.39, 0.29) is 6.61 Å². The van der Waals surface area contributed by atoms with E-state index in [2.05, 4.69) is 0 Å². The highest BCUT2D eigenvalue weighted by Gasteiger charge is 2.55. The number of carbonyl (C=O) groups is 3. The van der Waals surface area contributed by atoms with Gasteiger partial charge < -0.3 is 9.64 Å². The molecule has 0 saturated carbocycles. The minimum atomic E-state index is -0.821. The van der Waals surface area contributed by atoms with Gasteiger partial charge in [0, 0.05) is 18.8 Å². The zero-order valence-corrected chi connectivity index (χ0v) is 19.3. The minimum absolute atomic E-state index is 0.159. The molecule has 2 atom stereocenters. The van der Waals surface area contributed by atoms with Crippen LogP contribution < -0.4 is 4.90 Å². The van der Waals surface area contributed by atoms with E-state index in [0.717, 1.165) is 16.2 Å². The van der Waals surface area contributed by atoms with Crippen molar-refractivity contribution in [3.05, 3.63) is 71.4 Å². The Morgan fingerprint density at radius 3 is 2.50 bits per heavy atom. The van der Waals surface area contributed by atoms with Crippen molar-refractivity contribution in [2.24, 2.45) is 4.99 Å². The molecule has 0 aliphatic carbocycles. The van der Waals surface area contributed by atoms with Crippen LogP contribution in [0.4, 0.5) is 10.5 Å². The first-order chi connectivity index (χ1) is 16.4. The fourth-order valence-electron chi connectivity index (χ4n) is 4.40. The van der Waals surface area contributed by atoms with Crippen LogP contribution in [0.15, 0.2) is 65.8 Å². The second-order valence-electron chi connectivity index (χ2n) is 7.98. The van der Waals surface area contributed by atoms with Gasteiger partial charge in [-0.05, 0) is 19.1 Å². The summed E-state index contributed by atoms with van der Waals surface area (Å²) in [4.78, 5) is 49.2. The van der Waals surface area contributed by atoms with Gasteiger partial charge in [-0.25, -0.2) is 9.79 Å². The van der Waals surface area contributed by atoms with Gasteiger partial charge in [-0.2, -0.15) is 0 Å². The lowest BCUT2D eigenvalue weighted by molar-refractivity contribution is -0.150. The SMILES string of the molecule is CCOC(=O)CN1C(=O)C2C(N=C3N(c4ccccc4Cl)C(c4ccccc4)=CN32)N(C)C1=O. The third kappa shape index (κ3) is 3.40. The Labute approximate surface area is 201 Å². The smallest absolute Gasteiger partial charge is 0.328 e. The Balaban J connectivity index is 1.58. The Morgan fingerprint density at radius 2 is 1.79 bits per heavy atom. The van der Waals surface area contributed by atoms with E-state index in [1.807, 2.05) is 59.6 Å². The van der Waals surface area contributed by atoms with Gasteiger partial charge in [0.05, 0.1) is 23.0 Å². The predicted molar refractivity (Wildman–Crippen MR) is 127 cm³/mol. The summed E-state index contributed by atoms with van der Waals surface area (Å²) in [7, 11) is 1.57. The molecule has 5 rings (SSSR count). The fraction of sp³-hybridized carbons (Fsp3) is 0.250. The number of aliphatic imine (C=N–C) groups is 1. The molecule has 0 spiro atoms. The molecule has 3 aliphatic heterocycles. The highest BCUT2D eigenvalue weighted by atomic mass is 35.5. The maximum Gasteiger partial charge on any atom is 0.328 e. The summed E-state index contributed by atoms with van der Waals surface area (Å²) in [6.07, 6.45) is 1.10. The molecular formula is C24H22ClN5O4. The summed E-state index contributed by atoms with van der Waals surface area (Å²) < 4.78 is 4.96. The summed E-state index contributed by atoms with van der Waals surface area (Å²) in [5, 5.41) is 0.517. The topological polar surface area (TPSA) is 85.8 Å². The van der Waals surface area contributed by atoms with Crippen molar-refractivity contribution in [1.29, 1.82) is 0 Å². The minimum Gasteiger partial charge on any atom is -0.465 e. The van der Waals surface area contributed by atoms with Gasteiger partial charge in [0.15, 0.2) is 12.2 Å². The number of benzene rings is 2. The maximum absolute atomic E-state index is 13.5. The van der Waals surface area contributed by atoms with E-state index in [4.69, 9.17) is 21.3 Å².